The van der Waals surface area contributed by atoms with Gasteiger partial charge in [-0.25, -0.2) is 4.39 Å². The fourth-order valence-corrected chi connectivity index (χ4v) is 4.40. The highest BCUT2D eigenvalue weighted by Crippen LogP contribution is 2.32. The first-order chi connectivity index (χ1) is 16.8. The molecule has 35 heavy (non-hydrogen) atoms. The maximum absolute atomic E-state index is 13.7. The average Bonchev–Trinajstić information content (AvgIpc) is 3.09. The van der Waals surface area contributed by atoms with E-state index < -0.39 is 17.1 Å². The van der Waals surface area contributed by atoms with E-state index in [0.29, 0.717) is 22.6 Å². The molecule has 1 N–H and O–H groups in total. The number of carbonyl (C=O) groups excluding carboxylic acids is 3. The standard InChI is InChI=1S/C27H23FN2O4S/c1-17-6-5-7-18(2)25(17)29-24(31)15-30-26(32)23(35-27(30)33)14-19-10-12-21(13-11-19)34-16-20-8-3-4-9-22(20)28/h3-14H,15-16H2,1-2H3,(H,29,31)/b23-14+. The molecule has 0 aromatic heterocycles. The van der Waals surface area contributed by atoms with E-state index in [1.165, 1.54) is 6.07 Å². The molecule has 1 heterocycles. The first kappa shape index (κ1) is 24.2. The molecule has 1 aliphatic rings. The number of anilines is 1. The predicted molar refractivity (Wildman–Crippen MR) is 134 cm³/mol. The van der Waals surface area contributed by atoms with Crippen LogP contribution in [-0.2, 0) is 16.2 Å². The van der Waals surface area contributed by atoms with E-state index in [-0.39, 0.29) is 23.9 Å². The van der Waals surface area contributed by atoms with Crippen LogP contribution in [0.1, 0.15) is 22.3 Å². The molecule has 0 spiro atoms. The topological polar surface area (TPSA) is 75.7 Å². The molecule has 0 atom stereocenters. The number of ether oxygens (including phenoxy) is 1. The van der Waals surface area contributed by atoms with Crippen molar-refractivity contribution < 1.29 is 23.5 Å². The molecule has 1 saturated heterocycles. The Morgan fingerprint density at radius 3 is 2.37 bits per heavy atom. The smallest absolute Gasteiger partial charge is 0.294 e. The first-order valence-corrected chi connectivity index (χ1v) is 11.7. The molecule has 0 saturated carbocycles. The molecule has 3 aromatic carbocycles. The number of aryl methyl sites for hydroxylation is 2. The van der Waals surface area contributed by atoms with E-state index in [9.17, 15) is 18.8 Å². The zero-order chi connectivity index (χ0) is 24.9. The lowest BCUT2D eigenvalue weighted by molar-refractivity contribution is -0.127. The second-order valence-electron chi connectivity index (χ2n) is 8.03. The van der Waals surface area contributed by atoms with Gasteiger partial charge in [0.15, 0.2) is 0 Å². The van der Waals surface area contributed by atoms with E-state index in [1.54, 1.807) is 48.5 Å². The van der Waals surface area contributed by atoms with Crippen molar-refractivity contribution in [3.63, 3.8) is 0 Å². The van der Waals surface area contributed by atoms with Gasteiger partial charge in [-0.05, 0) is 66.6 Å². The van der Waals surface area contributed by atoms with Crippen molar-refractivity contribution >= 4 is 40.6 Å². The molecule has 0 bridgehead atoms. The molecule has 3 aromatic rings. The highest BCUT2D eigenvalue weighted by Gasteiger charge is 2.36. The van der Waals surface area contributed by atoms with Crippen molar-refractivity contribution in [3.8, 4) is 5.75 Å². The number of imide groups is 1. The van der Waals surface area contributed by atoms with Gasteiger partial charge in [-0.15, -0.1) is 0 Å². The van der Waals surface area contributed by atoms with Gasteiger partial charge in [0.1, 0.15) is 24.7 Å². The SMILES string of the molecule is Cc1cccc(C)c1NC(=O)CN1C(=O)S/C(=C/c2ccc(OCc3ccccc3F)cc2)C1=O. The average molecular weight is 491 g/mol. The number of nitrogens with one attached hydrogen (secondary N) is 1. The number of hydrogen-bond donors (Lipinski definition) is 1. The Labute approximate surface area is 206 Å². The summed E-state index contributed by atoms with van der Waals surface area (Å²) in [5.74, 6) is -0.747. The molecule has 1 fully saturated rings. The number of para-hydroxylation sites is 1. The molecule has 8 heteroatoms. The van der Waals surface area contributed by atoms with Crippen LogP contribution in [0.15, 0.2) is 71.6 Å². The van der Waals surface area contributed by atoms with Gasteiger partial charge in [0.2, 0.25) is 5.91 Å². The molecular weight excluding hydrogens is 467 g/mol. The summed E-state index contributed by atoms with van der Waals surface area (Å²) in [7, 11) is 0. The fourth-order valence-electron chi connectivity index (χ4n) is 3.56. The summed E-state index contributed by atoms with van der Waals surface area (Å²) in [4.78, 5) is 38.9. The fraction of sp³-hybridized carbons (Fsp3) is 0.148. The zero-order valence-electron chi connectivity index (χ0n) is 19.2. The van der Waals surface area contributed by atoms with Gasteiger partial charge in [0, 0.05) is 11.3 Å². The Kier molecular flexibility index (Phi) is 7.31. The summed E-state index contributed by atoms with van der Waals surface area (Å²) < 4.78 is 19.4. The van der Waals surface area contributed by atoms with Gasteiger partial charge in [0.05, 0.1) is 4.91 Å². The Balaban J connectivity index is 1.38. The molecule has 4 rings (SSSR count). The van der Waals surface area contributed by atoms with Crippen LogP contribution >= 0.6 is 11.8 Å². The zero-order valence-corrected chi connectivity index (χ0v) is 20.0. The molecule has 0 unspecified atom stereocenters. The number of halogens is 1. The first-order valence-electron chi connectivity index (χ1n) is 10.9. The summed E-state index contributed by atoms with van der Waals surface area (Å²) in [6.45, 7) is 3.48. The number of thioether (sulfide) groups is 1. The highest BCUT2D eigenvalue weighted by molar-refractivity contribution is 8.18. The Morgan fingerprint density at radius 1 is 1.00 bits per heavy atom. The number of benzene rings is 3. The van der Waals surface area contributed by atoms with Crippen molar-refractivity contribution in [1.29, 1.82) is 0 Å². The van der Waals surface area contributed by atoms with Crippen molar-refractivity contribution in [1.82, 2.24) is 4.90 Å². The normalized spacial score (nSPS) is 14.5. The third-order valence-corrected chi connectivity index (χ3v) is 6.36. The van der Waals surface area contributed by atoms with Crippen molar-refractivity contribution in [2.24, 2.45) is 0 Å². The van der Waals surface area contributed by atoms with Crippen LogP contribution in [0, 0.1) is 19.7 Å². The van der Waals surface area contributed by atoms with Crippen LogP contribution in [0.5, 0.6) is 5.75 Å². The van der Waals surface area contributed by atoms with Gasteiger partial charge < -0.3 is 10.1 Å². The molecule has 3 amide bonds. The Bertz CT molecular complexity index is 1300. The highest BCUT2D eigenvalue weighted by atomic mass is 32.2. The minimum atomic E-state index is -0.517. The summed E-state index contributed by atoms with van der Waals surface area (Å²) in [6.07, 6.45) is 1.59. The third-order valence-electron chi connectivity index (χ3n) is 5.45. The maximum Gasteiger partial charge on any atom is 0.294 e. The second kappa shape index (κ2) is 10.6. The molecule has 0 aliphatic carbocycles. The number of carbonyl (C=O) groups is 3. The van der Waals surface area contributed by atoms with E-state index in [2.05, 4.69) is 5.32 Å². The van der Waals surface area contributed by atoms with Crippen LogP contribution in [-0.4, -0.2) is 28.5 Å². The largest absolute Gasteiger partial charge is 0.489 e. The van der Waals surface area contributed by atoms with Crippen molar-refractivity contribution in [2.45, 2.75) is 20.5 Å². The lowest BCUT2D eigenvalue weighted by Crippen LogP contribution is -2.36. The van der Waals surface area contributed by atoms with E-state index in [1.807, 2.05) is 32.0 Å². The summed E-state index contributed by atoms with van der Waals surface area (Å²) >= 11 is 0.790. The summed E-state index contributed by atoms with van der Waals surface area (Å²) in [6, 6.07) is 18.9. The molecule has 1 aliphatic heterocycles. The molecular formula is C27H23FN2O4S. The van der Waals surface area contributed by atoms with Gasteiger partial charge in [-0.2, -0.15) is 0 Å². The van der Waals surface area contributed by atoms with Crippen LogP contribution in [0.2, 0.25) is 0 Å². The number of amides is 3. The quantitative estimate of drug-likeness (QED) is 0.430. The lowest BCUT2D eigenvalue weighted by atomic mass is 10.1. The number of nitrogens with zero attached hydrogens (tertiary/aromatic N) is 1. The van der Waals surface area contributed by atoms with Gasteiger partial charge in [-0.3, -0.25) is 19.3 Å². The van der Waals surface area contributed by atoms with Crippen LogP contribution in [0.3, 0.4) is 0 Å². The van der Waals surface area contributed by atoms with Gasteiger partial charge in [0.25, 0.3) is 11.1 Å². The molecule has 0 radical (unpaired) electrons. The Hall–Kier alpha value is -3.91. The minimum absolute atomic E-state index is 0.0923. The van der Waals surface area contributed by atoms with Crippen LogP contribution in [0.4, 0.5) is 14.9 Å². The van der Waals surface area contributed by atoms with Crippen LogP contribution < -0.4 is 10.1 Å². The monoisotopic (exact) mass is 490 g/mol. The molecule has 6 nitrogen and oxygen atoms in total. The van der Waals surface area contributed by atoms with Crippen LogP contribution in [0.25, 0.3) is 6.08 Å². The maximum atomic E-state index is 13.7. The van der Waals surface area contributed by atoms with Gasteiger partial charge in [-0.1, -0.05) is 48.5 Å². The summed E-state index contributed by atoms with van der Waals surface area (Å²) in [5.41, 5.74) is 3.61. The molecule has 178 valence electrons. The Morgan fingerprint density at radius 2 is 1.69 bits per heavy atom. The van der Waals surface area contributed by atoms with E-state index in [0.717, 1.165) is 27.8 Å². The minimum Gasteiger partial charge on any atom is -0.489 e. The summed E-state index contributed by atoms with van der Waals surface area (Å²) in [5, 5.41) is 2.30. The second-order valence-corrected chi connectivity index (χ2v) is 9.03. The van der Waals surface area contributed by atoms with Crippen molar-refractivity contribution in [3.05, 3.63) is 99.7 Å². The third kappa shape index (κ3) is 5.78. The van der Waals surface area contributed by atoms with Crippen molar-refractivity contribution in [2.75, 3.05) is 11.9 Å². The number of rotatable bonds is 7. The number of hydrogen-bond acceptors (Lipinski definition) is 5. The van der Waals surface area contributed by atoms with E-state index in [4.69, 9.17) is 4.74 Å². The predicted octanol–water partition coefficient (Wildman–Crippen LogP) is 5.70. The lowest BCUT2D eigenvalue weighted by Gasteiger charge is -2.15. The van der Waals surface area contributed by atoms with E-state index >= 15 is 0 Å². The van der Waals surface area contributed by atoms with Gasteiger partial charge >= 0.3 is 0 Å².